The Labute approximate surface area is 116 Å². The fourth-order valence-electron chi connectivity index (χ4n) is 2.51. The van der Waals surface area contributed by atoms with Gasteiger partial charge in [-0.1, -0.05) is 25.1 Å². The second kappa shape index (κ2) is 6.06. The summed E-state index contributed by atoms with van der Waals surface area (Å²) < 4.78 is 1.01. The maximum atomic E-state index is 11.3. The minimum absolute atomic E-state index is 0.187. The van der Waals surface area contributed by atoms with E-state index in [1.54, 1.807) is 23.1 Å². The van der Waals surface area contributed by atoms with Crippen molar-refractivity contribution in [3.8, 4) is 0 Å². The molecule has 3 atom stereocenters. The van der Waals surface area contributed by atoms with Crippen LogP contribution in [0.5, 0.6) is 0 Å². The maximum absolute atomic E-state index is 11.3. The quantitative estimate of drug-likeness (QED) is 0.913. The number of thioether (sulfide) groups is 1. The number of carboxylic acid groups (broad SMARTS) is 1. The van der Waals surface area contributed by atoms with Crippen LogP contribution >= 0.6 is 23.1 Å². The standard InChI is InChI=1S/C13H19NO2S2/c1-3-9-4-5-10(12(15)16)11(6-9)18-13-14-8(2)7-17-13/h7,9-11H,3-6H2,1-2H3,(H,15,16). The molecule has 1 aliphatic carbocycles. The molecule has 1 aromatic heterocycles. The summed E-state index contributed by atoms with van der Waals surface area (Å²) in [4.78, 5) is 15.8. The summed E-state index contributed by atoms with van der Waals surface area (Å²) in [6, 6.07) is 0. The molecule has 3 unspecified atom stereocenters. The van der Waals surface area contributed by atoms with Crippen LogP contribution in [-0.2, 0) is 4.79 Å². The minimum atomic E-state index is -0.643. The average Bonchev–Trinajstić information content (AvgIpc) is 2.74. The second-order valence-electron chi connectivity index (χ2n) is 4.94. The molecule has 0 spiro atoms. The average molecular weight is 285 g/mol. The Bertz CT molecular complexity index is 419. The molecule has 2 rings (SSSR count). The highest BCUT2D eigenvalue weighted by molar-refractivity contribution is 8.01. The van der Waals surface area contributed by atoms with Crippen molar-refractivity contribution in [3.05, 3.63) is 11.1 Å². The number of aryl methyl sites for hydroxylation is 1. The van der Waals surface area contributed by atoms with Crippen LogP contribution in [-0.4, -0.2) is 21.3 Å². The van der Waals surface area contributed by atoms with Gasteiger partial charge in [-0.2, -0.15) is 0 Å². The number of hydrogen-bond acceptors (Lipinski definition) is 4. The van der Waals surface area contributed by atoms with E-state index < -0.39 is 5.97 Å². The monoisotopic (exact) mass is 285 g/mol. The topological polar surface area (TPSA) is 50.2 Å². The number of nitrogens with zero attached hydrogens (tertiary/aromatic N) is 1. The van der Waals surface area contributed by atoms with E-state index in [0.717, 1.165) is 35.7 Å². The van der Waals surface area contributed by atoms with Gasteiger partial charge in [0.15, 0.2) is 0 Å². The summed E-state index contributed by atoms with van der Waals surface area (Å²) >= 11 is 3.29. The molecule has 1 heterocycles. The Morgan fingerprint density at radius 1 is 1.61 bits per heavy atom. The Hall–Kier alpha value is -0.550. The molecule has 5 heteroatoms. The molecule has 100 valence electrons. The number of carboxylic acids is 1. The molecule has 0 aliphatic heterocycles. The van der Waals surface area contributed by atoms with E-state index in [1.807, 2.05) is 12.3 Å². The van der Waals surface area contributed by atoms with Crippen LogP contribution in [0.15, 0.2) is 9.72 Å². The summed E-state index contributed by atoms with van der Waals surface area (Å²) in [7, 11) is 0. The van der Waals surface area contributed by atoms with Crippen molar-refractivity contribution in [1.29, 1.82) is 0 Å². The van der Waals surface area contributed by atoms with Crippen molar-refractivity contribution in [2.75, 3.05) is 0 Å². The third-order valence-electron chi connectivity index (χ3n) is 3.65. The number of thiazole rings is 1. The maximum Gasteiger partial charge on any atom is 0.307 e. The van der Waals surface area contributed by atoms with Crippen molar-refractivity contribution < 1.29 is 9.90 Å². The zero-order valence-corrected chi connectivity index (χ0v) is 12.4. The fraction of sp³-hybridized carbons (Fsp3) is 0.692. The molecule has 1 aliphatic rings. The predicted molar refractivity (Wildman–Crippen MR) is 75.3 cm³/mol. The summed E-state index contributed by atoms with van der Waals surface area (Å²) in [5.74, 6) is -0.170. The first-order valence-corrected chi connectivity index (χ1v) is 8.17. The molecule has 0 bridgehead atoms. The summed E-state index contributed by atoms with van der Waals surface area (Å²) in [5, 5.41) is 11.5. The number of aromatic nitrogens is 1. The molecule has 0 amide bonds. The van der Waals surface area contributed by atoms with Crippen LogP contribution in [0.1, 0.15) is 38.3 Å². The summed E-state index contributed by atoms with van der Waals surface area (Å²) in [6.45, 7) is 4.17. The minimum Gasteiger partial charge on any atom is -0.481 e. The molecule has 0 saturated heterocycles. The molecular weight excluding hydrogens is 266 g/mol. The van der Waals surface area contributed by atoms with Crippen LogP contribution < -0.4 is 0 Å². The van der Waals surface area contributed by atoms with Gasteiger partial charge in [-0.25, -0.2) is 4.98 Å². The fourth-order valence-corrected chi connectivity index (χ4v) is 5.01. The Balaban J connectivity index is 2.07. The lowest BCUT2D eigenvalue weighted by Gasteiger charge is -2.32. The van der Waals surface area contributed by atoms with Gasteiger partial charge >= 0.3 is 5.97 Å². The Morgan fingerprint density at radius 2 is 2.39 bits per heavy atom. The van der Waals surface area contributed by atoms with Gasteiger partial charge in [0.05, 0.1) is 5.92 Å². The SMILES string of the molecule is CCC1CCC(C(=O)O)C(Sc2nc(C)cs2)C1. The van der Waals surface area contributed by atoms with Crippen molar-refractivity contribution in [2.45, 2.75) is 49.1 Å². The van der Waals surface area contributed by atoms with Crippen LogP contribution in [0.2, 0.25) is 0 Å². The van der Waals surface area contributed by atoms with Gasteiger partial charge in [0.25, 0.3) is 0 Å². The molecule has 1 N–H and O–H groups in total. The zero-order valence-electron chi connectivity index (χ0n) is 10.8. The highest BCUT2D eigenvalue weighted by atomic mass is 32.2. The lowest BCUT2D eigenvalue weighted by molar-refractivity contribution is -0.142. The molecule has 0 radical (unpaired) electrons. The van der Waals surface area contributed by atoms with E-state index in [1.165, 1.54) is 0 Å². The normalized spacial score (nSPS) is 28.2. The van der Waals surface area contributed by atoms with Crippen LogP contribution in [0.3, 0.4) is 0 Å². The molecule has 1 aromatic rings. The molecule has 18 heavy (non-hydrogen) atoms. The molecule has 1 fully saturated rings. The van der Waals surface area contributed by atoms with Crippen molar-refractivity contribution >= 4 is 29.1 Å². The van der Waals surface area contributed by atoms with E-state index in [4.69, 9.17) is 0 Å². The number of aliphatic carboxylic acids is 1. The molecule has 1 saturated carbocycles. The molecule has 3 nitrogen and oxygen atoms in total. The predicted octanol–water partition coefficient (Wildman–Crippen LogP) is 3.82. The second-order valence-corrected chi connectivity index (χ2v) is 7.29. The molecule has 0 aromatic carbocycles. The van der Waals surface area contributed by atoms with E-state index in [9.17, 15) is 9.90 Å². The van der Waals surface area contributed by atoms with Gasteiger partial charge in [0.2, 0.25) is 0 Å². The largest absolute Gasteiger partial charge is 0.481 e. The van der Waals surface area contributed by atoms with Gasteiger partial charge in [0.1, 0.15) is 4.34 Å². The van der Waals surface area contributed by atoms with Crippen molar-refractivity contribution in [3.63, 3.8) is 0 Å². The van der Waals surface area contributed by atoms with Crippen molar-refractivity contribution in [2.24, 2.45) is 11.8 Å². The zero-order chi connectivity index (χ0) is 13.1. The van der Waals surface area contributed by atoms with Gasteiger partial charge in [-0.3, -0.25) is 4.79 Å². The van der Waals surface area contributed by atoms with E-state index >= 15 is 0 Å². The van der Waals surface area contributed by atoms with Crippen LogP contribution in [0.25, 0.3) is 0 Å². The van der Waals surface area contributed by atoms with Gasteiger partial charge in [-0.05, 0) is 32.1 Å². The molecular formula is C13H19NO2S2. The van der Waals surface area contributed by atoms with Gasteiger partial charge in [0, 0.05) is 16.3 Å². The third-order valence-corrected chi connectivity index (χ3v) is 6.09. The van der Waals surface area contributed by atoms with Crippen molar-refractivity contribution in [1.82, 2.24) is 4.98 Å². The highest BCUT2D eigenvalue weighted by Crippen LogP contribution is 2.41. The highest BCUT2D eigenvalue weighted by Gasteiger charge is 2.35. The summed E-state index contributed by atoms with van der Waals surface area (Å²) in [5.41, 5.74) is 1.03. The summed E-state index contributed by atoms with van der Waals surface area (Å²) in [6.07, 6.45) is 4.04. The smallest absolute Gasteiger partial charge is 0.307 e. The van der Waals surface area contributed by atoms with E-state index in [2.05, 4.69) is 11.9 Å². The van der Waals surface area contributed by atoms with Crippen LogP contribution in [0, 0.1) is 18.8 Å². The third kappa shape index (κ3) is 3.26. The van der Waals surface area contributed by atoms with Gasteiger partial charge < -0.3 is 5.11 Å². The number of hydrogen-bond donors (Lipinski definition) is 1. The van der Waals surface area contributed by atoms with E-state index in [0.29, 0.717) is 5.92 Å². The Kier molecular flexibility index (Phi) is 4.67. The Morgan fingerprint density at radius 3 is 2.94 bits per heavy atom. The lowest BCUT2D eigenvalue weighted by Crippen LogP contribution is -2.32. The number of rotatable bonds is 4. The first-order chi connectivity index (χ1) is 8.60. The first-order valence-electron chi connectivity index (χ1n) is 6.41. The lowest BCUT2D eigenvalue weighted by atomic mass is 9.80. The van der Waals surface area contributed by atoms with Gasteiger partial charge in [-0.15, -0.1) is 11.3 Å². The number of carbonyl (C=O) groups is 1. The van der Waals surface area contributed by atoms with Crippen LogP contribution in [0.4, 0.5) is 0 Å². The van der Waals surface area contributed by atoms with E-state index in [-0.39, 0.29) is 11.2 Å². The first kappa shape index (κ1) is 13.9.